The van der Waals surface area contributed by atoms with E-state index in [-0.39, 0.29) is 18.0 Å². The molecule has 5 heteroatoms. The second-order valence-corrected chi connectivity index (χ2v) is 6.32. The van der Waals surface area contributed by atoms with Gasteiger partial charge < -0.3 is 5.32 Å². The molecule has 1 aliphatic heterocycles. The van der Waals surface area contributed by atoms with Crippen LogP contribution >= 0.6 is 0 Å². The van der Waals surface area contributed by atoms with Gasteiger partial charge in [0.1, 0.15) is 0 Å². The summed E-state index contributed by atoms with van der Waals surface area (Å²) in [6, 6.07) is 0.118. The molecule has 0 aromatic heterocycles. The van der Waals surface area contributed by atoms with E-state index in [9.17, 15) is 13.2 Å². The number of alkyl halides is 3. The number of piperidine rings is 1. The molecule has 1 rings (SSSR count). The summed E-state index contributed by atoms with van der Waals surface area (Å²) in [6.45, 7) is 9.28. The highest BCUT2D eigenvalue weighted by Crippen LogP contribution is 2.28. The van der Waals surface area contributed by atoms with Crippen molar-refractivity contribution in [2.75, 3.05) is 19.6 Å². The van der Waals surface area contributed by atoms with Crippen LogP contribution < -0.4 is 5.32 Å². The molecule has 1 aliphatic rings. The van der Waals surface area contributed by atoms with Gasteiger partial charge in [-0.05, 0) is 59.2 Å². The monoisotopic (exact) mass is 294 g/mol. The first-order valence-corrected chi connectivity index (χ1v) is 7.82. The second-order valence-electron chi connectivity index (χ2n) is 6.32. The molecule has 0 spiro atoms. The summed E-state index contributed by atoms with van der Waals surface area (Å²) >= 11 is 0. The van der Waals surface area contributed by atoms with E-state index >= 15 is 0 Å². The van der Waals surface area contributed by atoms with Crippen LogP contribution in [0.4, 0.5) is 13.2 Å². The summed E-state index contributed by atoms with van der Waals surface area (Å²) in [4.78, 5) is 2.44. The fourth-order valence-electron chi connectivity index (χ4n) is 3.15. The van der Waals surface area contributed by atoms with Crippen molar-refractivity contribution in [3.63, 3.8) is 0 Å². The average Bonchev–Trinajstić information content (AvgIpc) is 2.37. The van der Waals surface area contributed by atoms with Crippen LogP contribution in [0.15, 0.2) is 0 Å². The molecule has 0 bridgehead atoms. The maximum absolute atomic E-state index is 12.3. The minimum Gasteiger partial charge on any atom is -0.312 e. The van der Waals surface area contributed by atoms with E-state index in [1.54, 1.807) is 0 Å². The van der Waals surface area contributed by atoms with Crippen LogP contribution in [-0.4, -0.2) is 42.3 Å². The summed E-state index contributed by atoms with van der Waals surface area (Å²) < 4.78 is 36.9. The van der Waals surface area contributed by atoms with Crippen LogP contribution in [0.25, 0.3) is 0 Å². The number of halogens is 3. The third kappa shape index (κ3) is 5.60. The van der Waals surface area contributed by atoms with Gasteiger partial charge in [0, 0.05) is 18.0 Å². The van der Waals surface area contributed by atoms with Gasteiger partial charge in [0.2, 0.25) is 0 Å². The Morgan fingerprint density at radius 2 is 1.70 bits per heavy atom. The summed E-state index contributed by atoms with van der Waals surface area (Å²) in [5.41, 5.74) is -0.0813. The highest BCUT2D eigenvalue weighted by molar-refractivity contribution is 4.94. The predicted molar refractivity (Wildman–Crippen MR) is 76.9 cm³/mol. The molecule has 1 atom stereocenters. The topological polar surface area (TPSA) is 15.3 Å². The van der Waals surface area contributed by atoms with Crippen molar-refractivity contribution in [1.82, 2.24) is 10.2 Å². The third-order valence-corrected chi connectivity index (χ3v) is 4.43. The van der Waals surface area contributed by atoms with Gasteiger partial charge in [0.25, 0.3) is 0 Å². The Bertz CT molecular complexity index is 271. The van der Waals surface area contributed by atoms with Gasteiger partial charge in [0.15, 0.2) is 0 Å². The lowest BCUT2D eigenvalue weighted by molar-refractivity contribution is -0.136. The van der Waals surface area contributed by atoms with Crippen LogP contribution in [-0.2, 0) is 0 Å². The van der Waals surface area contributed by atoms with Gasteiger partial charge in [-0.2, -0.15) is 13.2 Å². The Kier molecular flexibility index (Phi) is 6.79. The molecule has 0 saturated carbocycles. The molecular weight excluding hydrogens is 265 g/mol. The first-order chi connectivity index (χ1) is 9.27. The van der Waals surface area contributed by atoms with E-state index in [0.29, 0.717) is 6.42 Å². The zero-order valence-corrected chi connectivity index (χ0v) is 13.0. The number of hydrogen-bond donors (Lipinski definition) is 1. The first-order valence-electron chi connectivity index (χ1n) is 7.82. The van der Waals surface area contributed by atoms with Crippen LogP contribution in [0, 0.1) is 0 Å². The van der Waals surface area contributed by atoms with Gasteiger partial charge in [-0.1, -0.05) is 13.3 Å². The number of hydrogen-bond acceptors (Lipinski definition) is 2. The number of likely N-dealkylation sites (N-methyl/N-ethyl adjacent to an activating group) is 1. The zero-order chi connectivity index (χ0) is 15.2. The van der Waals surface area contributed by atoms with E-state index in [2.05, 4.69) is 24.1 Å². The molecule has 0 amide bonds. The Hall–Kier alpha value is -0.290. The molecule has 1 N–H and O–H groups in total. The van der Waals surface area contributed by atoms with E-state index in [1.165, 1.54) is 19.3 Å². The predicted octanol–water partition coefficient (Wildman–Crippen LogP) is 3.96. The minimum absolute atomic E-state index is 0.0813. The Morgan fingerprint density at radius 3 is 2.20 bits per heavy atom. The van der Waals surface area contributed by atoms with Crippen molar-refractivity contribution >= 4 is 0 Å². The molecule has 0 aromatic rings. The van der Waals surface area contributed by atoms with Crippen LogP contribution in [0.5, 0.6) is 0 Å². The maximum Gasteiger partial charge on any atom is 0.389 e. The van der Waals surface area contributed by atoms with Gasteiger partial charge in [-0.25, -0.2) is 0 Å². The van der Waals surface area contributed by atoms with Crippen molar-refractivity contribution in [3.8, 4) is 0 Å². The molecule has 1 heterocycles. The highest BCUT2D eigenvalue weighted by Gasteiger charge is 2.36. The quantitative estimate of drug-likeness (QED) is 0.764. The molecule has 120 valence electrons. The molecule has 0 aromatic carbocycles. The number of rotatable bonds is 7. The summed E-state index contributed by atoms with van der Waals surface area (Å²) in [5.74, 6) is 0. The van der Waals surface area contributed by atoms with E-state index < -0.39 is 12.6 Å². The largest absolute Gasteiger partial charge is 0.389 e. The van der Waals surface area contributed by atoms with Gasteiger partial charge >= 0.3 is 6.18 Å². The van der Waals surface area contributed by atoms with E-state index in [4.69, 9.17) is 0 Å². The van der Waals surface area contributed by atoms with Crippen LogP contribution in [0.3, 0.4) is 0 Å². The molecule has 2 nitrogen and oxygen atoms in total. The molecular formula is C15H29F3N2. The number of nitrogens with one attached hydrogen (secondary N) is 1. The van der Waals surface area contributed by atoms with E-state index in [0.717, 1.165) is 19.6 Å². The summed E-state index contributed by atoms with van der Waals surface area (Å²) in [6.07, 6.45) is -0.255. The lowest BCUT2D eigenvalue weighted by Gasteiger charge is -2.46. The fourth-order valence-corrected chi connectivity index (χ4v) is 3.15. The van der Waals surface area contributed by atoms with Gasteiger partial charge in [0.05, 0.1) is 0 Å². The van der Waals surface area contributed by atoms with Crippen LogP contribution in [0.1, 0.15) is 59.3 Å². The second kappa shape index (κ2) is 7.64. The Balaban J connectivity index is 2.57. The molecule has 1 fully saturated rings. The smallest absolute Gasteiger partial charge is 0.312 e. The van der Waals surface area contributed by atoms with E-state index in [1.807, 2.05) is 6.92 Å². The first kappa shape index (κ1) is 17.8. The molecule has 20 heavy (non-hydrogen) atoms. The standard InChI is InChI=1S/C15H29F3N2/c1-4-19-13(9-8-10-15(16,17)18)14(2,3)20-11-6-5-7-12-20/h13,19H,4-12H2,1-3H3. The van der Waals surface area contributed by atoms with Gasteiger partial charge in [-0.15, -0.1) is 0 Å². The highest BCUT2D eigenvalue weighted by atomic mass is 19.4. The third-order valence-electron chi connectivity index (χ3n) is 4.43. The lowest BCUT2D eigenvalue weighted by Crippen LogP contribution is -2.59. The van der Waals surface area contributed by atoms with Crippen molar-refractivity contribution in [2.24, 2.45) is 0 Å². The zero-order valence-electron chi connectivity index (χ0n) is 13.0. The van der Waals surface area contributed by atoms with Crippen LogP contribution in [0.2, 0.25) is 0 Å². The van der Waals surface area contributed by atoms with Crippen molar-refractivity contribution in [3.05, 3.63) is 0 Å². The maximum atomic E-state index is 12.3. The summed E-state index contributed by atoms with van der Waals surface area (Å²) in [5, 5.41) is 3.40. The Labute approximate surface area is 121 Å². The number of nitrogens with zero attached hydrogens (tertiary/aromatic N) is 1. The lowest BCUT2D eigenvalue weighted by atomic mass is 9.86. The van der Waals surface area contributed by atoms with Crippen molar-refractivity contribution in [2.45, 2.75) is 77.1 Å². The normalized spacial score (nSPS) is 20.1. The molecule has 0 aliphatic carbocycles. The van der Waals surface area contributed by atoms with Gasteiger partial charge in [-0.3, -0.25) is 4.90 Å². The SMILES string of the molecule is CCNC(CCCC(F)(F)F)C(C)(C)N1CCCCC1. The minimum atomic E-state index is -4.04. The molecule has 1 saturated heterocycles. The number of likely N-dealkylation sites (tertiary alicyclic amines) is 1. The fraction of sp³-hybridized carbons (Fsp3) is 1.00. The average molecular weight is 294 g/mol. The summed E-state index contributed by atoms with van der Waals surface area (Å²) in [7, 11) is 0. The Morgan fingerprint density at radius 1 is 1.10 bits per heavy atom. The molecule has 0 radical (unpaired) electrons. The van der Waals surface area contributed by atoms with Crippen molar-refractivity contribution in [1.29, 1.82) is 0 Å². The molecule has 1 unspecified atom stereocenters. The van der Waals surface area contributed by atoms with Crippen molar-refractivity contribution < 1.29 is 13.2 Å².